The van der Waals surface area contributed by atoms with Crippen molar-refractivity contribution in [1.82, 2.24) is 9.55 Å². The van der Waals surface area contributed by atoms with E-state index in [1.54, 1.807) is 13.2 Å². The first-order valence-corrected chi connectivity index (χ1v) is 10.2. The highest BCUT2D eigenvalue weighted by Gasteiger charge is 2.17. The topological polar surface area (TPSA) is 76.5 Å². The molecule has 1 amide bonds. The Morgan fingerprint density at radius 2 is 1.78 bits per heavy atom. The molecule has 0 atom stereocenters. The fourth-order valence-corrected chi connectivity index (χ4v) is 3.65. The van der Waals surface area contributed by atoms with Gasteiger partial charge < -0.3 is 15.0 Å². The number of benzene rings is 3. The molecule has 4 aromatic rings. The fourth-order valence-electron chi connectivity index (χ4n) is 3.65. The molecule has 0 aliphatic carbocycles. The van der Waals surface area contributed by atoms with Crippen molar-refractivity contribution in [3.63, 3.8) is 0 Å². The third-order valence-electron chi connectivity index (χ3n) is 5.26. The largest absolute Gasteiger partial charge is 0.495 e. The van der Waals surface area contributed by atoms with Crippen LogP contribution in [-0.2, 0) is 11.3 Å². The molecule has 3 aromatic carbocycles. The average molecular weight is 428 g/mol. The van der Waals surface area contributed by atoms with Crippen LogP contribution in [0.25, 0.3) is 10.9 Å². The van der Waals surface area contributed by atoms with Gasteiger partial charge in [0, 0.05) is 18.1 Å². The van der Waals surface area contributed by atoms with Gasteiger partial charge in [-0.1, -0.05) is 36.4 Å². The highest BCUT2D eigenvalue weighted by Crippen LogP contribution is 2.28. The van der Waals surface area contributed by atoms with Crippen molar-refractivity contribution >= 4 is 34.0 Å². The standard InChI is InChI=1S/C25H24N4O3/c1-17-13-14-22(32-3)20(15-17)26-23(30)16-29-21-12-8-7-11-19(21)24(27-25(29)31)28(2)18-9-5-4-6-10-18/h4-15H,16H2,1-3H3,(H,26,30). The van der Waals surface area contributed by atoms with Crippen molar-refractivity contribution in [2.24, 2.45) is 0 Å². The van der Waals surface area contributed by atoms with E-state index in [1.165, 1.54) is 4.57 Å². The Bertz CT molecular complexity index is 1330. The number of methoxy groups -OCH3 is 1. The molecule has 0 aliphatic heterocycles. The summed E-state index contributed by atoms with van der Waals surface area (Å²) < 4.78 is 6.71. The molecular weight excluding hydrogens is 404 g/mol. The Morgan fingerprint density at radius 3 is 2.53 bits per heavy atom. The van der Waals surface area contributed by atoms with Crippen LogP contribution in [0.4, 0.5) is 17.2 Å². The van der Waals surface area contributed by atoms with E-state index in [9.17, 15) is 9.59 Å². The Balaban J connectivity index is 1.70. The number of aryl methyl sites for hydroxylation is 1. The number of hydrogen-bond acceptors (Lipinski definition) is 5. The van der Waals surface area contributed by atoms with Crippen LogP contribution in [0.1, 0.15) is 5.56 Å². The molecule has 1 heterocycles. The maximum Gasteiger partial charge on any atom is 0.350 e. The number of nitrogens with one attached hydrogen (secondary N) is 1. The van der Waals surface area contributed by atoms with E-state index in [2.05, 4.69) is 10.3 Å². The molecule has 1 aromatic heterocycles. The number of amides is 1. The van der Waals surface area contributed by atoms with E-state index in [-0.39, 0.29) is 12.5 Å². The van der Waals surface area contributed by atoms with Crippen LogP contribution in [-0.4, -0.2) is 29.6 Å². The quantitative estimate of drug-likeness (QED) is 0.500. The lowest BCUT2D eigenvalue weighted by molar-refractivity contribution is -0.116. The first-order valence-electron chi connectivity index (χ1n) is 10.2. The van der Waals surface area contributed by atoms with Crippen LogP contribution in [0.5, 0.6) is 5.75 Å². The number of nitrogens with zero attached hydrogens (tertiary/aromatic N) is 3. The molecule has 0 spiro atoms. The first kappa shape index (κ1) is 21.1. The molecule has 0 saturated heterocycles. The van der Waals surface area contributed by atoms with Crippen LogP contribution in [0.15, 0.2) is 77.6 Å². The molecule has 0 unspecified atom stereocenters. The van der Waals surface area contributed by atoms with E-state index in [1.807, 2.05) is 85.6 Å². The molecule has 0 aliphatic rings. The Hall–Kier alpha value is -4.13. The minimum absolute atomic E-state index is 0.168. The fraction of sp³-hybridized carbons (Fsp3) is 0.160. The minimum Gasteiger partial charge on any atom is -0.495 e. The molecular formula is C25H24N4O3. The summed E-state index contributed by atoms with van der Waals surface area (Å²) in [6, 6.07) is 22.7. The summed E-state index contributed by atoms with van der Waals surface area (Å²) in [6.07, 6.45) is 0. The molecule has 4 rings (SSSR count). The number of carbonyl (C=O) groups excluding carboxylic acids is 1. The van der Waals surface area contributed by atoms with Gasteiger partial charge in [-0.15, -0.1) is 0 Å². The van der Waals surface area contributed by atoms with E-state index in [0.717, 1.165) is 16.6 Å². The molecule has 0 bridgehead atoms. The monoisotopic (exact) mass is 428 g/mol. The number of aromatic nitrogens is 2. The second-order valence-corrected chi connectivity index (χ2v) is 7.47. The van der Waals surface area contributed by atoms with Crippen LogP contribution in [0, 0.1) is 6.92 Å². The number of anilines is 3. The highest BCUT2D eigenvalue weighted by molar-refractivity contribution is 5.95. The minimum atomic E-state index is -0.493. The van der Waals surface area contributed by atoms with Gasteiger partial charge in [-0.3, -0.25) is 9.36 Å². The third kappa shape index (κ3) is 4.18. The van der Waals surface area contributed by atoms with Crippen LogP contribution in [0.3, 0.4) is 0 Å². The van der Waals surface area contributed by atoms with E-state index in [4.69, 9.17) is 4.74 Å². The summed E-state index contributed by atoms with van der Waals surface area (Å²) >= 11 is 0. The average Bonchev–Trinajstić information content (AvgIpc) is 2.81. The maximum atomic E-state index is 13.0. The molecule has 7 nitrogen and oxygen atoms in total. The summed E-state index contributed by atoms with van der Waals surface area (Å²) in [4.78, 5) is 32.0. The predicted molar refractivity (Wildman–Crippen MR) is 127 cm³/mol. The molecule has 0 fully saturated rings. The van der Waals surface area contributed by atoms with Gasteiger partial charge >= 0.3 is 5.69 Å². The van der Waals surface area contributed by atoms with Gasteiger partial charge in [-0.25, -0.2) is 4.79 Å². The molecule has 32 heavy (non-hydrogen) atoms. The summed E-state index contributed by atoms with van der Waals surface area (Å²) in [5.41, 5.74) is 2.60. The van der Waals surface area contributed by atoms with E-state index >= 15 is 0 Å². The number of rotatable bonds is 6. The number of ether oxygens (including phenoxy) is 1. The molecule has 1 N–H and O–H groups in total. The molecule has 0 radical (unpaired) electrons. The van der Waals surface area contributed by atoms with Gasteiger partial charge in [0.2, 0.25) is 5.91 Å². The Labute approximate surface area is 185 Å². The number of fused-ring (bicyclic) bond motifs is 1. The summed E-state index contributed by atoms with van der Waals surface area (Å²) in [7, 11) is 3.41. The zero-order valence-corrected chi connectivity index (χ0v) is 18.2. The zero-order chi connectivity index (χ0) is 22.7. The second kappa shape index (κ2) is 8.93. The lowest BCUT2D eigenvalue weighted by Crippen LogP contribution is -2.31. The normalized spacial score (nSPS) is 10.7. The van der Waals surface area contributed by atoms with Crippen LogP contribution < -0.4 is 20.6 Å². The lowest BCUT2D eigenvalue weighted by Gasteiger charge is -2.21. The molecule has 7 heteroatoms. The van der Waals surface area contributed by atoms with E-state index < -0.39 is 5.69 Å². The summed E-state index contributed by atoms with van der Waals surface area (Å²) in [5, 5.41) is 3.62. The van der Waals surface area contributed by atoms with Gasteiger partial charge in [-0.05, 0) is 48.9 Å². The summed E-state index contributed by atoms with van der Waals surface area (Å²) in [6.45, 7) is 1.76. The zero-order valence-electron chi connectivity index (χ0n) is 18.2. The van der Waals surface area contributed by atoms with Crippen molar-refractivity contribution in [1.29, 1.82) is 0 Å². The second-order valence-electron chi connectivity index (χ2n) is 7.47. The van der Waals surface area contributed by atoms with Gasteiger partial charge in [0.1, 0.15) is 18.1 Å². The van der Waals surface area contributed by atoms with Crippen molar-refractivity contribution in [2.75, 3.05) is 24.4 Å². The molecule has 162 valence electrons. The van der Waals surface area contributed by atoms with Crippen molar-refractivity contribution in [2.45, 2.75) is 13.5 Å². The van der Waals surface area contributed by atoms with Gasteiger partial charge in [0.25, 0.3) is 0 Å². The lowest BCUT2D eigenvalue weighted by atomic mass is 10.2. The van der Waals surface area contributed by atoms with E-state index in [0.29, 0.717) is 22.8 Å². The number of carbonyl (C=O) groups is 1. The number of para-hydroxylation sites is 2. The Kier molecular flexibility index (Phi) is 5.89. The Morgan fingerprint density at radius 1 is 1.06 bits per heavy atom. The van der Waals surface area contributed by atoms with Crippen LogP contribution in [0.2, 0.25) is 0 Å². The predicted octanol–water partition coefficient (Wildman–Crippen LogP) is 4.12. The number of hydrogen-bond donors (Lipinski definition) is 1. The maximum absolute atomic E-state index is 13.0. The third-order valence-corrected chi connectivity index (χ3v) is 5.26. The molecule has 0 saturated carbocycles. The van der Waals surface area contributed by atoms with Crippen molar-refractivity contribution in [3.8, 4) is 5.75 Å². The first-order chi connectivity index (χ1) is 15.5. The van der Waals surface area contributed by atoms with Crippen molar-refractivity contribution < 1.29 is 9.53 Å². The SMILES string of the molecule is COc1ccc(C)cc1NC(=O)Cn1c(=O)nc(N(C)c2ccccc2)c2ccccc21. The smallest absolute Gasteiger partial charge is 0.350 e. The van der Waals surface area contributed by atoms with Gasteiger partial charge in [0.05, 0.1) is 18.3 Å². The van der Waals surface area contributed by atoms with Gasteiger partial charge in [0.15, 0.2) is 0 Å². The highest BCUT2D eigenvalue weighted by atomic mass is 16.5. The van der Waals surface area contributed by atoms with Gasteiger partial charge in [-0.2, -0.15) is 4.98 Å². The van der Waals surface area contributed by atoms with Crippen LogP contribution >= 0.6 is 0 Å². The summed E-state index contributed by atoms with van der Waals surface area (Å²) in [5.74, 6) is 0.750. The van der Waals surface area contributed by atoms with Crippen molar-refractivity contribution in [3.05, 3.63) is 88.8 Å².